The van der Waals surface area contributed by atoms with E-state index in [1.165, 1.54) is 0 Å². The molecule has 0 aliphatic rings. The molecule has 83 valence electrons. The predicted molar refractivity (Wildman–Crippen MR) is 65.4 cm³/mol. The Balaban J connectivity index is 2.31. The second-order valence-corrected chi connectivity index (χ2v) is 3.90. The monoisotopic (exact) mass is 215 g/mol. The molecule has 1 aromatic carbocycles. The fourth-order valence-corrected chi connectivity index (χ4v) is 1.78. The van der Waals surface area contributed by atoms with E-state index < -0.39 is 0 Å². The fourth-order valence-electron chi connectivity index (χ4n) is 1.78. The molecule has 0 aliphatic carbocycles. The van der Waals surface area contributed by atoms with Gasteiger partial charge in [-0.1, -0.05) is 38.0 Å². The summed E-state index contributed by atoms with van der Waals surface area (Å²) in [6.07, 6.45) is 3.83. The molecule has 0 unspecified atom stereocenters. The first-order valence-electron chi connectivity index (χ1n) is 5.62. The normalized spacial score (nSPS) is 10.8. The summed E-state index contributed by atoms with van der Waals surface area (Å²) < 4.78 is 5.26. The molecular weight excluding hydrogens is 200 g/mol. The minimum absolute atomic E-state index is 0.234. The molecule has 0 saturated heterocycles. The van der Waals surface area contributed by atoms with Crippen molar-refractivity contribution in [3.05, 3.63) is 53.4 Å². The highest BCUT2D eigenvalue weighted by Gasteiger charge is 2.03. The number of rotatable bonds is 4. The van der Waals surface area contributed by atoms with Gasteiger partial charge in [0.1, 0.15) is 5.76 Å². The molecule has 2 heteroatoms. The molecule has 0 fully saturated rings. The van der Waals surface area contributed by atoms with E-state index in [0.29, 0.717) is 5.39 Å². The van der Waals surface area contributed by atoms with Crippen LogP contribution in [0.1, 0.15) is 25.0 Å². The maximum absolute atomic E-state index is 11.7. The van der Waals surface area contributed by atoms with Crippen molar-refractivity contribution in [1.82, 2.24) is 0 Å². The van der Waals surface area contributed by atoms with E-state index in [9.17, 15) is 4.79 Å². The van der Waals surface area contributed by atoms with E-state index in [-0.39, 0.29) is 5.63 Å². The summed E-state index contributed by atoms with van der Waals surface area (Å²) in [6.45, 7) is 3.79. The fraction of sp³-hybridized carbons (Fsp3) is 0.286. The Hall–Kier alpha value is -1.57. The maximum Gasteiger partial charge on any atom is 0.343 e. The quantitative estimate of drug-likeness (QED) is 0.732. The van der Waals surface area contributed by atoms with Gasteiger partial charge in [0.15, 0.2) is 0 Å². The molecule has 2 nitrogen and oxygen atoms in total. The van der Waals surface area contributed by atoms with Crippen LogP contribution in [-0.2, 0) is 6.42 Å². The van der Waals surface area contributed by atoms with E-state index in [1.807, 2.05) is 24.3 Å². The first-order valence-corrected chi connectivity index (χ1v) is 5.62. The van der Waals surface area contributed by atoms with Gasteiger partial charge >= 0.3 is 5.63 Å². The molecule has 2 aromatic rings. The Morgan fingerprint density at radius 3 is 2.81 bits per heavy atom. The van der Waals surface area contributed by atoms with Crippen LogP contribution in [0.5, 0.6) is 0 Å². The zero-order valence-electron chi connectivity index (χ0n) is 9.24. The van der Waals surface area contributed by atoms with Crippen molar-refractivity contribution in [1.29, 1.82) is 0 Å². The van der Waals surface area contributed by atoms with Gasteiger partial charge < -0.3 is 4.42 Å². The minimum atomic E-state index is -0.234. The van der Waals surface area contributed by atoms with Gasteiger partial charge in [0, 0.05) is 6.42 Å². The summed E-state index contributed by atoms with van der Waals surface area (Å²) >= 11 is 0. The molecule has 0 atom stereocenters. The van der Waals surface area contributed by atoms with Gasteiger partial charge in [-0.25, -0.2) is 4.79 Å². The third-order valence-electron chi connectivity index (χ3n) is 2.64. The zero-order chi connectivity index (χ0) is 11.4. The summed E-state index contributed by atoms with van der Waals surface area (Å²) in [7, 11) is 0. The highest BCUT2D eigenvalue weighted by atomic mass is 16.4. The molecule has 0 spiro atoms. The lowest BCUT2D eigenvalue weighted by molar-refractivity contribution is 0.458. The standard InChI is InChI=1S/C14H15O2/c1-2-3-4-8-12-10-11-7-5-6-9-13(11)14(15)16-12/h5-7,9-10H,1-4,8H2. The predicted octanol–water partition coefficient (Wildman–Crippen LogP) is 3.34. The van der Waals surface area contributed by atoms with Gasteiger partial charge in [0.25, 0.3) is 0 Å². The molecule has 0 bridgehead atoms. The SMILES string of the molecule is [CH2]CCCCc1cc2ccccc2c(=O)o1. The van der Waals surface area contributed by atoms with Crippen LogP contribution in [-0.4, -0.2) is 0 Å². The first-order chi connectivity index (χ1) is 7.81. The van der Waals surface area contributed by atoms with Crippen molar-refractivity contribution in [2.75, 3.05) is 0 Å². The largest absolute Gasteiger partial charge is 0.427 e. The van der Waals surface area contributed by atoms with Gasteiger partial charge in [-0.15, -0.1) is 0 Å². The van der Waals surface area contributed by atoms with Crippen molar-refractivity contribution in [3.63, 3.8) is 0 Å². The minimum Gasteiger partial charge on any atom is -0.427 e. The number of fused-ring (bicyclic) bond motifs is 1. The summed E-state index contributed by atoms with van der Waals surface area (Å²) in [5, 5.41) is 1.62. The van der Waals surface area contributed by atoms with Crippen molar-refractivity contribution in [2.45, 2.75) is 25.7 Å². The van der Waals surface area contributed by atoms with Crippen molar-refractivity contribution >= 4 is 10.8 Å². The smallest absolute Gasteiger partial charge is 0.343 e. The number of hydrogen-bond acceptors (Lipinski definition) is 2. The van der Waals surface area contributed by atoms with Crippen LogP contribution < -0.4 is 5.63 Å². The average Bonchev–Trinajstić information content (AvgIpc) is 2.30. The van der Waals surface area contributed by atoms with E-state index in [1.54, 1.807) is 6.07 Å². The van der Waals surface area contributed by atoms with Crippen LogP contribution in [0.15, 0.2) is 39.5 Å². The second kappa shape index (κ2) is 4.97. The van der Waals surface area contributed by atoms with Crippen molar-refractivity contribution in [3.8, 4) is 0 Å². The molecule has 0 amide bonds. The Morgan fingerprint density at radius 2 is 2.00 bits per heavy atom. The molecule has 1 heterocycles. The number of unbranched alkanes of at least 4 members (excludes halogenated alkanes) is 2. The van der Waals surface area contributed by atoms with Gasteiger partial charge in [-0.05, 0) is 23.9 Å². The molecular formula is C14H15O2. The van der Waals surface area contributed by atoms with E-state index in [0.717, 1.165) is 36.8 Å². The Bertz CT molecular complexity index is 525. The molecule has 0 aliphatic heterocycles. The molecule has 0 saturated carbocycles. The average molecular weight is 215 g/mol. The summed E-state index contributed by atoms with van der Waals surface area (Å²) in [6, 6.07) is 9.47. The Kier molecular flexibility index (Phi) is 3.40. The van der Waals surface area contributed by atoms with E-state index in [2.05, 4.69) is 6.92 Å². The zero-order valence-corrected chi connectivity index (χ0v) is 9.24. The molecule has 0 N–H and O–H groups in total. The number of hydrogen-bond donors (Lipinski definition) is 0. The van der Waals surface area contributed by atoms with Crippen LogP contribution in [0.25, 0.3) is 10.8 Å². The summed E-state index contributed by atoms with van der Waals surface area (Å²) in [5.41, 5.74) is -0.234. The lowest BCUT2D eigenvalue weighted by Crippen LogP contribution is -2.01. The van der Waals surface area contributed by atoms with Gasteiger partial charge in [-0.2, -0.15) is 0 Å². The van der Waals surface area contributed by atoms with Crippen LogP contribution in [0.3, 0.4) is 0 Å². The van der Waals surface area contributed by atoms with E-state index >= 15 is 0 Å². The summed E-state index contributed by atoms with van der Waals surface area (Å²) in [5.74, 6) is 0.775. The van der Waals surface area contributed by atoms with E-state index in [4.69, 9.17) is 4.42 Å². The van der Waals surface area contributed by atoms with Crippen LogP contribution in [0, 0.1) is 6.92 Å². The molecule has 2 rings (SSSR count). The van der Waals surface area contributed by atoms with Crippen LogP contribution in [0.2, 0.25) is 0 Å². The maximum atomic E-state index is 11.7. The molecule has 16 heavy (non-hydrogen) atoms. The van der Waals surface area contributed by atoms with Gasteiger partial charge in [0.2, 0.25) is 0 Å². The van der Waals surface area contributed by atoms with Gasteiger partial charge in [-0.3, -0.25) is 0 Å². The molecule has 1 aromatic heterocycles. The van der Waals surface area contributed by atoms with Crippen LogP contribution in [0.4, 0.5) is 0 Å². The Morgan fingerprint density at radius 1 is 1.19 bits per heavy atom. The summed E-state index contributed by atoms with van der Waals surface area (Å²) in [4.78, 5) is 11.7. The lowest BCUT2D eigenvalue weighted by Gasteiger charge is -2.01. The Labute approximate surface area is 94.9 Å². The topological polar surface area (TPSA) is 30.2 Å². The van der Waals surface area contributed by atoms with Gasteiger partial charge in [0.05, 0.1) is 5.39 Å². The highest BCUT2D eigenvalue weighted by Crippen LogP contribution is 2.13. The van der Waals surface area contributed by atoms with Crippen molar-refractivity contribution in [2.24, 2.45) is 0 Å². The lowest BCUT2D eigenvalue weighted by atomic mass is 10.1. The van der Waals surface area contributed by atoms with Crippen molar-refractivity contribution < 1.29 is 4.42 Å². The second-order valence-electron chi connectivity index (χ2n) is 3.90. The number of aryl methyl sites for hydroxylation is 1. The number of benzene rings is 1. The molecule has 1 radical (unpaired) electrons. The highest BCUT2D eigenvalue weighted by molar-refractivity contribution is 5.81. The third-order valence-corrected chi connectivity index (χ3v) is 2.64. The first kappa shape index (κ1) is 10.9. The third kappa shape index (κ3) is 2.32. The van der Waals surface area contributed by atoms with Crippen LogP contribution >= 0.6 is 0 Å².